The van der Waals surface area contributed by atoms with Crippen LogP contribution in [0, 0.1) is 11.6 Å². The van der Waals surface area contributed by atoms with Gasteiger partial charge >= 0.3 is 5.97 Å². The summed E-state index contributed by atoms with van der Waals surface area (Å²) in [4.78, 5) is 24.0. The van der Waals surface area contributed by atoms with E-state index in [2.05, 4.69) is 12.2 Å². The number of ether oxygens (including phenoxy) is 1. The average molecular weight is 454 g/mol. The van der Waals surface area contributed by atoms with Gasteiger partial charge in [-0.25, -0.2) is 13.6 Å². The van der Waals surface area contributed by atoms with Gasteiger partial charge in [-0.3, -0.25) is 4.79 Å². The minimum atomic E-state index is -0.979. The molecule has 0 aliphatic rings. The topological polar surface area (TPSA) is 55.4 Å². The van der Waals surface area contributed by atoms with E-state index in [9.17, 15) is 18.4 Å². The van der Waals surface area contributed by atoms with Crippen LogP contribution in [0.1, 0.15) is 114 Å². The molecule has 0 saturated carbocycles. The van der Waals surface area contributed by atoms with Gasteiger partial charge in [0.25, 0.3) is 5.91 Å². The first-order valence-corrected chi connectivity index (χ1v) is 12.4. The van der Waals surface area contributed by atoms with Crippen LogP contribution in [-0.4, -0.2) is 24.5 Å². The van der Waals surface area contributed by atoms with Gasteiger partial charge in [-0.05, 0) is 25.5 Å². The fraction of sp³-hybridized carbons (Fsp3) is 0.692. The molecule has 1 atom stereocenters. The van der Waals surface area contributed by atoms with E-state index in [4.69, 9.17) is 4.74 Å². The van der Waals surface area contributed by atoms with Gasteiger partial charge in [-0.1, -0.05) is 96.5 Å². The quantitative estimate of drug-likeness (QED) is 0.190. The van der Waals surface area contributed by atoms with E-state index in [1.54, 1.807) is 0 Å². The molecule has 4 nitrogen and oxygen atoms in total. The third kappa shape index (κ3) is 12.2. The lowest BCUT2D eigenvalue weighted by atomic mass is 10.0. The number of benzene rings is 1. The number of amides is 1. The largest absolute Gasteiger partial charge is 0.464 e. The number of carbonyl (C=O) groups is 2. The number of hydrogen-bond donors (Lipinski definition) is 1. The standard InChI is InChI=1S/C26H41F2NO3/c1-3-4-5-6-7-8-9-10-11-12-13-14-15-16-20-32-26(31)21(2)29-25(30)24-22(27)18-17-19-23(24)28/h17-19,21H,3-16,20H2,1-2H3,(H,29,30). The van der Waals surface area contributed by atoms with Crippen LogP contribution in [0.4, 0.5) is 8.78 Å². The summed E-state index contributed by atoms with van der Waals surface area (Å²) in [5.74, 6) is -3.51. The molecule has 1 aromatic carbocycles. The predicted octanol–water partition coefficient (Wildman–Crippen LogP) is 7.11. The maximum absolute atomic E-state index is 13.6. The zero-order valence-corrected chi connectivity index (χ0v) is 19.9. The summed E-state index contributed by atoms with van der Waals surface area (Å²) in [6.45, 7) is 3.96. The first-order chi connectivity index (χ1) is 15.5. The Labute approximate surface area is 192 Å². The van der Waals surface area contributed by atoms with Gasteiger partial charge in [0.1, 0.15) is 23.2 Å². The van der Waals surface area contributed by atoms with Gasteiger partial charge in [0.05, 0.1) is 6.61 Å². The van der Waals surface area contributed by atoms with Gasteiger partial charge in [-0.15, -0.1) is 0 Å². The first-order valence-electron chi connectivity index (χ1n) is 12.4. The Balaban J connectivity index is 2.00. The minimum absolute atomic E-state index is 0.283. The third-order valence-corrected chi connectivity index (χ3v) is 5.63. The second-order valence-electron chi connectivity index (χ2n) is 8.56. The molecule has 1 amide bonds. The van der Waals surface area contributed by atoms with E-state index >= 15 is 0 Å². The van der Waals surface area contributed by atoms with E-state index in [-0.39, 0.29) is 6.61 Å². The van der Waals surface area contributed by atoms with E-state index in [1.807, 2.05) is 0 Å². The summed E-state index contributed by atoms with van der Waals surface area (Å²) in [7, 11) is 0. The molecule has 1 unspecified atom stereocenters. The Bertz CT molecular complexity index is 646. The van der Waals surface area contributed by atoms with Gasteiger partial charge in [-0.2, -0.15) is 0 Å². The highest BCUT2D eigenvalue weighted by molar-refractivity contribution is 5.97. The highest BCUT2D eigenvalue weighted by atomic mass is 19.1. The molecule has 182 valence electrons. The average Bonchev–Trinajstić information content (AvgIpc) is 2.76. The molecular weight excluding hydrogens is 412 g/mol. The Morgan fingerprint density at radius 1 is 0.812 bits per heavy atom. The Kier molecular flexibility index (Phi) is 15.4. The van der Waals surface area contributed by atoms with Gasteiger partial charge in [0.15, 0.2) is 0 Å². The summed E-state index contributed by atoms with van der Waals surface area (Å²) in [5.41, 5.74) is -0.695. The van der Waals surface area contributed by atoms with Crippen LogP contribution in [0.3, 0.4) is 0 Å². The van der Waals surface area contributed by atoms with Gasteiger partial charge < -0.3 is 10.1 Å². The van der Waals surface area contributed by atoms with Crippen LogP contribution < -0.4 is 5.32 Å². The Morgan fingerprint density at radius 2 is 1.25 bits per heavy atom. The van der Waals surface area contributed by atoms with Crippen LogP contribution in [0.2, 0.25) is 0 Å². The van der Waals surface area contributed by atoms with E-state index in [0.29, 0.717) is 0 Å². The normalized spacial score (nSPS) is 11.9. The highest BCUT2D eigenvalue weighted by Crippen LogP contribution is 2.14. The number of halogens is 2. The van der Waals surface area contributed by atoms with Crippen molar-refractivity contribution in [2.45, 2.75) is 110 Å². The third-order valence-electron chi connectivity index (χ3n) is 5.63. The Hall–Kier alpha value is -1.98. The lowest BCUT2D eigenvalue weighted by Crippen LogP contribution is -2.40. The lowest BCUT2D eigenvalue weighted by molar-refractivity contribution is -0.145. The molecule has 0 aromatic heterocycles. The first kappa shape index (κ1) is 28.1. The molecular formula is C26H41F2NO3. The molecule has 0 heterocycles. The predicted molar refractivity (Wildman–Crippen MR) is 125 cm³/mol. The van der Waals surface area contributed by atoms with Crippen molar-refractivity contribution in [1.82, 2.24) is 5.32 Å². The SMILES string of the molecule is CCCCCCCCCCCCCCCCOC(=O)C(C)NC(=O)c1c(F)cccc1F. The van der Waals surface area contributed by atoms with Crippen molar-refractivity contribution >= 4 is 11.9 Å². The van der Waals surface area contributed by atoms with Crippen LogP contribution in [0.15, 0.2) is 18.2 Å². The molecule has 1 N–H and O–H groups in total. The second kappa shape index (κ2) is 17.6. The number of hydrogen-bond acceptors (Lipinski definition) is 3. The number of rotatable bonds is 18. The van der Waals surface area contributed by atoms with Gasteiger partial charge in [0.2, 0.25) is 0 Å². The molecule has 1 rings (SSSR count). The van der Waals surface area contributed by atoms with Crippen LogP contribution >= 0.6 is 0 Å². The molecule has 0 spiro atoms. The maximum Gasteiger partial charge on any atom is 0.328 e. The van der Waals surface area contributed by atoms with Crippen molar-refractivity contribution in [1.29, 1.82) is 0 Å². The molecule has 32 heavy (non-hydrogen) atoms. The molecule has 0 fully saturated rings. The summed E-state index contributed by atoms with van der Waals surface area (Å²) in [6.07, 6.45) is 17.5. The van der Waals surface area contributed by atoms with Crippen LogP contribution in [-0.2, 0) is 9.53 Å². The van der Waals surface area contributed by atoms with Crippen LogP contribution in [0.5, 0.6) is 0 Å². The number of unbranched alkanes of at least 4 members (excludes halogenated alkanes) is 13. The number of nitrogens with one attached hydrogen (secondary N) is 1. The zero-order chi connectivity index (χ0) is 23.6. The molecule has 1 aromatic rings. The molecule has 6 heteroatoms. The maximum atomic E-state index is 13.6. The van der Waals surface area contributed by atoms with Gasteiger partial charge in [0, 0.05) is 0 Å². The fourth-order valence-corrected chi connectivity index (χ4v) is 3.64. The molecule has 0 saturated heterocycles. The van der Waals surface area contributed by atoms with E-state index < -0.39 is 35.1 Å². The zero-order valence-electron chi connectivity index (χ0n) is 19.9. The summed E-state index contributed by atoms with van der Waals surface area (Å²) < 4.78 is 32.4. The number of esters is 1. The van der Waals surface area contributed by atoms with E-state index in [1.165, 1.54) is 83.6 Å². The van der Waals surface area contributed by atoms with Crippen LogP contribution in [0.25, 0.3) is 0 Å². The molecule has 0 bridgehead atoms. The van der Waals surface area contributed by atoms with Crippen molar-refractivity contribution in [2.75, 3.05) is 6.61 Å². The smallest absolute Gasteiger partial charge is 0.328 e. The number of carbonyl (C=O) groups excluding carboxylic acids is 2. The van der Waals surface area contributed by atoms with Crippen molar-refractivity contribution in [3.05, 3.63) is 35.4 Å². The lowest BCUT2D eigenvalue weighted by Gasteiger charge is -2.14. The monoisotopic (exact) mass is 453 g/mol. The fourth-order valence-electron chi connectivity index (χ4n) is 3.64. The summed E-state index contributed by atoms with van der Waals surface area (Å²) in [6, 6.07) is 2.19. The molecule has 0 aliphatic carbocycles. The van der Waals surface area contributed by atoms with E-state index in [0.717, 1.165) is 31.4 Å². The van der Waals surface area contributed by atoms with Crippen molar-refractivity contribution in [2.24, 2.45) is 0 Å². The molecule has 0 aliphatic heterocycles. The Morgan fingerprint density at radius 3 is 1.72 bits per heavy atom. The molecule has 0 radical (unpaired) electrons. The van der Waals surface area contributed by atoms with Crippen molar-refractivity contribution in [3.8, 4) is 0 Å². The van der Waals surface area contributed by atoms with Crippen molar-refractivity contribution < 1.29 is 23.1 Å². The van der Waals surface area contributed by atoms with Crippen molar-refractivity contribution in [3.63, 3.8) is 0 Å². The minimum Gasteiger partial charge on any atom is -0.464 e. The highest BCUT2D eigenvalue weighted by Gasteiger charge is 2.22. The second-order valence-corrected chi connectivity index (χ2v) is 8.56. The summed E-state index contributed by atoms with van der Waals surface area (Å²) >= 11 is 0. The summed E-state index contributed by atoms with van der Waals surface area (Å²) in [5, 5.41) is 2.29.